The Balaban J connectivity index is 1.60. The van der Waals surface area contributed by atoms with E-state index in [2.05, 4.69) is 23.3 Å². The minimum Gasteiger partial charge on any atom is -0.300 e. The summed E-state index contributed by atoms with van der Waals surface area (Å²) in [6.07, 6.45) is 9.94. The van der Waals surface area contributed by atoms with Crippen LogP contribution < -0.4 is 5.32 Å². The lowest BCUT2D eigenvalue weighted by Gasteiger charge is -2.39. The van der Waals surface area contributed by atoms with E-state index in [0.29, 0.717) is 12.1 Å². The van der Waals surface area contributed by atoms with Gasteiger partial charge in [0, 0.05) is 18.1 Å². The second kappa shape index (κ2) is 4.26. The van der Waals surface area contributed by atoms with Crippen molar-refractivity contribution in [3.05, 3.63) is 0 Å². The van der Waals surface area contributed by atoms with Gasteiger partial charge < -0.3 is 4.90 Å². The summed E-state index contributed by atoms with van der Waals surface area (Å²) in [6.45, 7) is 0. The van der Waals surface area contributed by atoms with Crippen LogP contribution >= 0.6 is 0 Å². The van der Waals surface area contributed by atoms with Crippen LogP contribution in [0.25, 0.3) is 0 Å². The Morgan fingerprint density at radius 2 is 1.94 bits per heavy atom. The largest absolute Gasteiger partial charge is 0.300 e. The zero-order chi connectivity index (χ0) is 11.9. The molecule has 3 rings (SSSR count). The fourth-order valence-electron chi connectivity index (χ4n) is 3.34. The van der Waals surface area contributed by atoms with Gasteiger partial charge in [-0.15, -0.1) is 0 Å². The number of rotatable bonds is 4. The predicted octanol–water partition coefficient (Wildman–Crippen LogP) is 2.04. The molecule has 0 aromatic carbocycles. The Hall–Kier alpha value is -0.590. The van der Waals surface area contributed by atoms with Crippen molar-refractivity contribution in [3.8, 4) is 6.07 Å². The van der Waals surface area contributed by atoms with Gasteiger partial charge in [0.05, 0.1) is 6.07 Å². The van der Waals surface area contributed by atoms with Crippen molar-refractivity contribution in [2.24, 2.45) is 0 Å². The Labute approximate surface area is 104 Å². The highest BCUT2D eigenvalue weighted by molar-refractivity contribution is 5.15. The van der Waals surface area contributed by atoms with Crippen LogP contribution in [0.5, 0.6) is 0 Å². The van der Waals surface area contributed by atoms with Gasteiger partial charge in [-0.3, -0.25) is 5.32 Å². The van der Waals surface area contributed by atoms with Gasteiger partial charge in [0.2, 0.25) is 0 Å². The van der Waals surface area contributed by atoms with E-state index in [9.17, 15) is 5.26 Å². The quantitative estimate of drug-likeness (QED) is 0.807. The fourth-order valence-corrected chi connectivity index (χ4v) is 3.34. The van der Waals surface area contributed by atoms with Gasteiger partial charge in [-0.05, 0) is 52.0 Å². The molecule has 2 unspecified atom stereocenters. The maximum atomic E-state index is 9.47. The fraction of sp³-hybridized carbons (Fsp3) is 0.929. The molecule has 1 N–H and O–H groups in total. The highest BCUT2D eigenvalue weighted by Crippen LogP contribution is 2.38. The van der Waals surface area contributed by atoms with Crippen LogP contribution in [0.4, 0.5) is 0 Å². The van der Waals surface area contributed by atoms with Crippen molar-refractivity contribution >= 4 is 0 Å². The molecular weight excluding hydrogens is 210 g/mol. The summed E-state index contributed by atoms with van der Waals surface area (Å²) in [5.74, 6) is 0. The molecule has 0 heterocycles. The average Bonchev–Trinajstić information content (AvgIpc) is 2.94. The Morgan fingerprint density at radius 1 is 1.18 bits per heavy atom. The van der Waals surface area contributed by atoms with E-state index in [-0.39, 0.29) is 5.54 Å². The van der Waals surface area contributed by atoms with E-state index in [1.54, 1.807) is 0 Å². The van der Waals surface area contributed by atoms with Crippen molar-refractivity contribution < 1.29 is 0 Å². The summed E-state index contributed by atoms with van der Waals surface area (Å²) in [5.41, 5.74) is -0.205. The molecule has 3 saturated carbocycles. The molecule has 0 aliphatic heterocycles. The van der Waals surface area contributed by atoms with Gasteiger partial charge in [-0.1, -0.05) is 6.42 Å². The maximum absolute atomic E-state index is 9.47. The Bertz CT molecular complexity index is 327. The summed E-state index contributed by atoms with van der Waals surface area (Å²) in [7, 11) is 2.26. The van der Waals surface area contributed by atoms with Crippen LogP contribution in [0.2, 0.25) is 0 Å². The third kappa shape index (κ3) is 2.21. The molecule has 3 nitrogen and oxygen atoms in total. The second-order valence-electron chi connectivity index (χ2n) is 6.26. The Kier molecular flexibility index (Phi) is 2.88. The molecule has 3 fully saturated rings. The normalized spacial score (nSPS) is 38.1. The number of hydrogen-bond donors (Lipinski definition) is 1. The standard InChI is InChI=1S/C14H23N3/c1-17(12-3-2-4-12)13-7-8-14(9-13,10-15)16-11-5-6-11/h11-13,16H,2-9H2,1H3. The third-order valence-electron chi connectivity index (χ3n) is 4.99. The highest BCUT2D eigenvalue weighted by atomic mass is 15.2. The summed E-state index contributed by atoms with van der Waals surface area (Å²) in [5, 5.41) is 13.1. The van der Waals surface area contributed by atoms with Crippen LogP contribution in [0.15, 0.2) is 0 Å². The molecular formula is C14H23N3. The number of nitrogens with one attached hydrogen (secondary N) is 1. The molecule has 3 aliphatic rings. The van der Waals surface area contributed by atoms with Crippen molar-refractivity contribution in [3.63, 3.8) is 0 Å². The van der Waals surface area contributed by atoms with Gasteiger partial charge in [0.1, 0.15) is 5.54 Å². The van der Waals surface area contributed by atoms with E-state index in [1.165, 1.54) is 38.5 Å². The highest BCUT2D eigenvalue weighted by Gasteiger charge is 2.45. The van der Waals surface area contributed by atoms with E-state index in [4.69, 9.17) is 0 Å². The number of nitrogens with zero attached hydrogens (tertiary/aromatic N) is 2. The van der Waals surface area contributed by atoms with Crippen LogP contribution in [-0.4, -0.2) is 35.6 Å². The lowest BCUT2D eigenvalue weighted by Crippen LogP contribution is -2.47. The van der Waals surface area contributed by atoms with Crippen LogP contribution in [0.3, 0.4) is 0 Å². The summed E-state index contributed by atoms with van der Waals surface area (Å²) in [6, 6.07) is 4.64. The van der Waals surface area contributed by atoms with Gasteiger partial charge in [0.15, 0.2) is 0 Å². The number of nitriles is 1. The lowest BCUT2D eigenvalue weighted by molar-refractivity contribution is 0.109. The van der Waals surface area contributed by atoms with Crippen molar-refractivity contribution in [2.45, 2.75) is 75.0 Å². The molecule has 2 atom stereocenters. The van der Waals surface area contributed by atoms with Gasteiger partial charge in [0.25, 0.3) is 0 Å². The first-order valence-corrected chi connectivity index (χ1v) is 7.13. The van der Waals surface area contributed by atoms with Crippen LogP contribution in [-0.2, 0) is 0 Å². The molecule has 0 spiro atoms. The molecule has 94 valence electrons. The smallest absolute Gasteiger partial charge is 0.108 e. The predicted molar refractivity (Wildman–Crippen MR) is 67.5 cm³/mol. The third-order valence-corrected chi connectivity index (χ3v) is 4.99. The SMILES string of the molecule is CN(C1CCC1)C1CCC(C#N)(NC2CC2)C1. The zero-order valence-electron chi connectivity index (χ0n) is 10.8. The van der Waals surface area contributed by atoms with E-state index in [1.807, 2.05) is 0 Å². The van der Waals surface area contributed by atoms with Gasteiger partial charge in [-0.25, -0.2) is 0 Å². The zero-order valence-corrected chi connectivity index (χ0v) is 10.8. The molecule has 0 saturated heterocycles. The maximum Gasteiger partial charge on any atom is 0.108 e. The van der Waals surface area contributed by atoms with Crippen molar-refractivity contribution in [1.82, 2.24) is 10.2 Å². The first-order chi connectivity index (χ1) is 8.22. The molecule has 0 aromatic rings. The summed E-state index contributed by atoms with van der Waals surface area (Å²) in [4.78, 5) is 2.55. The van der Waals surface area contributed by atoms with Gasteiger partial charge in [-0.2, -0.15) is 5.26 Å². The lowest BCUT2D eigenvalue weighted by atomic mass is 9.90. The van der Waals surface area contributed by atoms with Crippen LogP contribution in [0.1, 0.15) is 51.4 Å². The second-order valence-corrected chi connectivity index (χ2v) is 6.26. The van der Waals surface area contributed by atoms with Gasteiger partial charge >= 0.3 is 0 Å². The molecule has 0 radical (unpaired) electrons. The van der Waals surface area contributed by atoms with Crippen LogP contribution in [0, 0.1) is 11.3 Å². The molecule has 0 bridgehead atoms. The molecule has 0 amide bonds. The first-order valence-electron chi connectivity index (χ1n) is 7.13. The molecule has 17 heavy (non-hydrogen) atoms. The number of hydrogen-bond acceptors (Lipinski definition) is 3. The minimum absolute atomic E-state index is 0.205. The molecule has 3 heteroatoms. The molecule has 0 aromatic heterocycles. The van der Waals surface area contributed by atoms with E-state index < -0.39 is 0 Å². The van der Waals surface area contributed by atoms with E-state index >= 15 is 0 Å². The van der Waals surface area contributed by atoms with Crippen molar-refractivity contribution in [1.29, 1.82) is 5.26 Å². The summed E-state index contributed by atoms with van der Waals surface area (Å²) < 4.78 is 0. The minimum atomic E-state index is -0.205. The monoisotopic (exact) mass is 233 g/mol. The Morgan fingerprint density at radius 3 is 2.47 bits per heavy atom. The molecule has 3 aliphatic carbocycles. The average molecular weight is 233 g/mol. The first kappa shape index (κ1) is 11.5. The topological polar surface area (TPSA) is 39.1 Å². The van der Waals surface area contributed by atoms with Crippen molar-refractivity contribution in [2.75, 3.05) is 7.05 Å². The summed E-state index contributed by atoms with van der Waals surface area (Å²) >= 11 is 0. The van der Waals surface area contributed by atoms with E-state index in [0.717, 1.165) is 18.9 Å².